The maximum atomic E-state index is 8.82. The molecule has 1 aliphatic rings. The molecule has 1 aliphatic heterocycles. The lowest BCUT2D eigenvalue weighted by molar-refractivity contribution is 0.250. The van der Waals surface area contributed by atoms with E-state index in [0.717, 1.165) is 38.5 Å². The Bertz CT molecular complexity index is 900. The summed E-state index contributed by atoms with van der Waals surface area (Å²) in [6.07, 6.45) is 3.23. The molecule has 0 radical (unpaired) electrons. The molecule has 5 heteroatoms. The number of nitriles is 1. The highest BCUT2D eigenvalue weighted by molar-refractivity contribution is 5.85. The van der Waals surface area contributed by atoms with Gasteiger partial charge in [0.05, 0.1) is 12.4 Å². The fourth-order valence-electron chi connectivity index (χ4n) is 3.35. The summed E-state index contributed by atoms with van der Waals surface area (Å²) in [6.45, 7) is 4.79. The van der Waals surface area contributed by atoms with Crippen LogP contribution >= 0.6 is 0 Å². The molecule has 1 aromatic heterocycles. The second kappa shape index (κ2) is 6.88. The van der Waals surface area contributed by atoms with Crippen molar-refractivity contribution in [3.63, 3.8) is 0 Å². The molecule has 4 rings (SSSR count). The van der Waals surface area contributed by atoms with Gasteiger partial charge in [-0.1, -0.05) is 42.5 Å². The highest BCUT2D eigenvalue weighted by atomic mass is 15.3. The van der Waals surface area contributed by atoms with Crippen molar-refractivity contribution in [2.45, 2.75) is 6.54 Å². The minimum Gasteiger partial charge on any atom is -0.353 e. The molecule has 1 saturated heterocycles. The van der Waals surface area contributed by atoms with Crippen LogP contribution in [0.25, 0.3) is 10.8 Å². The standard InChI is InChI=1S/C20H19N5/c21-12-18-13-23-20(14-22-18)25-10-8-24(9-11-25)15-17-6-3-5-16-4-1-2-7-19(16)17/h1-7,13-14H,8-11,15H2. The third kappa shape index (κ3) is 3.30. The quantitative estimate of drug-likeness (QED) is 0.739. The lowest BCUT2D eigenvalue weighted by atomic mass is 10.0. The third-order valence-corrected chi connectivity index (χ3v) is 4.72. The van der Waals surface area contributed by atoms with Crippen LogP contribution in [0.1, 0.15) is 11.3 Å². The zero-order valence-electron chi connectivity index (χ0n) is 14.0. The summed E-state index contributed by atoms with van der Waals surface area (Å²) in [4.78, 5) is 13.2. The minimum absolute atomic E-state index is 0.360. The second-order valence-electron chi connectivity index (χ2n) is 6.27. The molecule has 0 N–H and O–H groups in total. The Morgan fingerprint density at radius 2 is 1.72 bits per heavy atom. The van der Waals surface area contributed by atoms with Gasteiger partial charge in [-0.3, -0.25) is 4.90 Å². The highest BCUT2D eigenvalue weighted by Crippen LogP contribution is 2.21. The monoisotopic (exact) mass is 329 g/mol. The maximum Gasteiger partial charge on any atom is 0.158 e. The van der Waals surface area contributed by atoms with Crippen LogP contribution in [-0.4, -0.2) is 41.0 Å². The van der Waals surface area contributed by atoms with E-state index >= 15 is 0 Å². The summed E-state index contributed by atoms with van der Waals surface area (Å²) in [5.41, 5.74) is 1.74. The largest absolute Gasteiger partial charge is 0.353 e. The number of rotatable bonds is 3. The molecule has 0 aliphatic carbocycles. The SMILES string of the molecule is N#Cc1cnc(N2CCN(Cc3cccc4ccccc34)CC2)cn1. The normalized spacial score (nSPS) is 15.2. The number of nitrogens with zero attached hydrogens (tertiary/aromatic N) is 5. The number of piperazine rings is 1. The molecule has 0 amide bonds. The van der Waals surface area contributed by atoms with Crippen LogP contribution < -0.4 is 4.90 Å². The first kappa shape index (κ1) is 15.6. The first-order chi connectivity index (χ1) is 12.3. The van der Waals surface area contributed by atoms with E-state index in [0.29, 0.717) is 5.69 Å². The van der Waals surface area contributed by atoms with Crippen LogP contribution in [-0.2, 0) is 6.54 Å². The van der Waals surface area contributed by atoms with E-state index in [4.69, 9.17) is 5.26 Å². The topological polar surface area (TPSA) is 56.1 Å². The minimum atomic E-state index is 0.360. The van der Waals surface area contributed by atoms with Gasteiger partial charge < -0.3 is 4.90 Å². The fraction of sp³-hybridized carbons (Fsp3) is 0.250. The van der Waals surface area contributed by atoms with Crippen molar-refractivity contribution >= 4 is 16.6 Å². The van der Waals surface area contributed by atoms with Gasteiger partial charge in [-0.25, -0.2) is 9.97 Å². The fourth-order valence-corrected chi connectivity index (χ4v) is 3.35. The number of hydrogen-bond donors (Lipinski definition) is 0. The Kier molecular flexibility index (Phi) is 4.28. The van der Waals surface area contributed by atoms with Crippen molar-refractivity contribution in [1.29, 1.82) is 5.26 Å². The highest BCUT2D eigenvalue weighted by Gasteiger charge is 2.19. The predicted molar refractivity (Wildman–Crippen MR) is 98.2 cm³/mol. The summed E-state index contributed by atoms with van der Waals surface area (Å²) in [6, 6.07) is 17.1. The first-order valence-corrected chi connectivity index (χ1v) is 8.49. The summed E-state index contributed by atoms with van der Waals surface area (Å²) >= 11 is 0. The first-order valence-electron chi connectivity index (χ1n) is 8.49. The molecule has 0 spiro atoms. The molecule has 0 bridgehead atoms. The molecule has 5 nitrogen and oxygen atoms in total. The van der Waals surface area contributed by atoms with Crippen molar-refractivity contribution < 1.29 is 0 Å². The predicted octanol–water partition coefficient (Wildman–Crippen LogP) is 2.82. The second-order valence-corrected chi connectivity index (χ2v) is 6.27. The van der Waals surface area contributed by atoms with Crippen molar-refractivity contribution in [1.82, 2.24) is 14.9 Å². The number of aromatic nitrogens is 2. The molecule has 0 unspecified atom stereocenters. The van der Waals surface area contributed by atoms with Crippen LogP contribution in [0.2, 0.25) is 0 Å². The average Bonchev–Trinajstić information content (AvgIpc) is 2.69. The number of anilines is 1. The smallest absolute Gasteiger partial charge is 0.158 e. The van der Waals surface area contributed by atoms with E-state index in [2.05, 4.69) is 62.2 Å². The summed E-state index contributed by atoms with van der Waals surface area (Å²) in [5.74, 6) is 0.851. The molecule has 0 atom stereocenters. The van der Waals surface area contributed by atoms with Gasteiger partial charge in [-0.2, -0.15) is 5.26 Å². The van der Waals surface area contributed by atoms with Crippen molar-refractivity contribution in [2.24, 2.45) is 0 Å². The molecular formula is C20H19N5. The number of benzene rings is 2. The molecule has 2 aromatic carbocycles. The van der Waals surface area contributed by atoms with Crippen LogP contribution in [0.5, 0.6) is 0 Å². The van der Waals surface area contributed by atoms with E-state index in [-0.39, 0.29) is 0 Å². The zero-order chi connectivity index (χ0) is 17.1. The van der Waals surface area contributed by atoms with Gasteiger partial charge in [0.15, 0.2) is 5.69 Å². The van der Waals surface area contributed by atoms with Crippen molar-refractivity contribution in [3.05, 3.63) is 66.1 Å². The van der Waals surface area contributed by atoms with E-state index in [9.17, 15) is 0 Å². The Morgan fingerprint density at radius 1 is 0.920 bits per heavy atom. The lowest BCUT2D eigenvalue weighted by Gasteiger charge is -2.35. The van der Waals surface area contributed by atoms with Gasteiger partial charge in [-0.05, 0) is 16.3 Å². The molecular weight excluding hydrogens is 310 g/mol. The molecule has 2 heterocycles. The summed E-state index contributed by atoms with van der Waals surface area (Å²) in [5, 5.41) is 11.5. The number of fused-ring (bicyclic) bond motifs is 1. The average molecular weight is 329 g/mol. The van der Waals surface area contributed by atoms with Gasteiger partial charge in [0.1, 0.15) is 11.9 Å². The Hall–Kier alpha value is -2.97. The molecule has 3 aromatic rings. The van der Waals surface area contributed by atoms with Gasteiger partial charge in [-0.15, -0.1) is 0 Å². The lowest BCUT2D eigenvalue weighted by Crippen LogP contribution is -2.46. The zero-order valence-corrected chi connectivity index (χ0v) is 14.0. The van der Waals surface area contributed by atoms with Crippen LogP contribution in [0.3, 0.4) is 0 Å². The molecule has 1 fully saturated rings. The third-order valence-electron chi connectivity index (χ3n) is 4.72. The van der Waals surface area contributed by atoms with Crippen molar-refractivity contribution in [2.75, 3.05) is 31.1 Å². The number of hydrogen-bond acceptors (Lipinski definition) is 5. The Balaban J connectivity index is 1.42. The summed E-state index contributed by atoms with van der Waals surface area (Å²) in [7, 11) is 0. The van der Waals surface area contributed by atoms with E-state index in [1.54, 1.807) is 6.20 Å². The summed E-state index contributed by atoms with van der Waals surface area (Å²) < 4.78 is 0. The molecule has 124 valence electrons. The van der Waals surface area contributed by atoms with E-state index < -0.39 is 0 Å². The van der Waals surface area contributed by atoms with Crippen LogP contribution in [0.15, 0.2) is 54.9 Å². The van der Waals surface area contributed by atoms with Gasteiger partial charge in [0, 0.05) is 32.7 Å². The van der Waals surface area contributed by atoms with Crippen LogP contribution in [0.4, 0.5) is 5.82 Å². The maximum absolute atomic E-state index is 8.82. The van der Waals surface area contributed by atoms with Crippen molar-refractivity contribution in [3.8, 4) is 6.07 Å². The van der Waals surface area contributed by atoms with Gasteiger partial charge in [0.25, 0.3) is 0 Å². The molecule has 25 heavy (non-hydrogen) atoms. The van der Waals surface area contributed by atoms with Crippen LogP contribution in [0, 0.1) is 11.3 Å². The van der Waals surface area contributed by atoms with E-state index in [1.807, 2.05) is 6.07 Å². The Labute approximate surface area is 147 Å². The van der Waals surface area contributed by atoms with Gasteiger partial charge in [0.2, 0.25) is 0 Å². The molecule has 0 saturated carbocycles. The van der Waals surface area contributed by atoms with E-state index in [1.165, 1.54) is 22.5 Å². The van der Waals surface area contributed by atoms with Gasteiger partial charge >= 0.3 is 0 Å². The Morgan fingerprint density at radius 3 is 2.48 bits per heavy atom.